The molecule has 8 heteroatoms. The average Bonchev–Trinajstić information content (AvgIpc) is 2.69. The topological polar surface area (TPSA) is 104 Å². The molecule has 0 radical (unpaired) electrons. The van der Waals surface area contributed by atoms with Crippen molar-refractivity contribution in [1.29, 1.82) is 0 Å². The molecule has 2 rings (SSSR count). The normalized spacial score (nSPS) is 11.2. The third-order valence-corrected chi connectivity index (χ3v) is 6.93. The summed E-state index contributed by atoms with van der Waals surface area (Å²) in [4.78, 5) is 24.1. The minimum Gasteiger partial charge on any atom is -0.273 e. The number of hydrogen-bond acceptors (Lipinski definition) is 4. The molecule has 0 aliphatic rings. The molecule has 3 N–H and O–H groups in total. The average molecular weight is 418 g/mol. The van der Waals surface area contributed by atoms with Gasteiger partial charge in [-0.3, -0.25) is 20.4 Å². The Bertz CT molecular complexity index is 1000. The molecule has 0 spiro atoms. The van der Waals surface area contributed by atoms with Gasteiger partial charge in [-0.15, -0.1) is 0 Å². The third kappa shape index (κ3) is 5.21. The van der Waals surface area contributed by atoms with Gasteiger partial charge in [-0.05, 0) is 74.6 Å². The van der Waals surface area contributed by atoms with E-state index < -0.39 is 21.8 Å². The second kappa shape index (κ2) is 9.19. The summed E-state index contributed by atoms with van der Waals surface area (Å²) in [6.07, 6.45) is -0.115. The van der Waals surface area contributed by atoms with Crippen LogP contribution in [-0.4, -0.2) is 26.8 Å². The van der Waals surface area contributed by atoms with Gasteiger partial charge in [0, 0.05) is 18.5 Å². The van der Waals surface area contributed by atoms with E-state index >= 15 is 0 Å². The van der Waals surface area contributed by atoms with Crippen LogP contribution in [0.1, 0.15) is 44.6 Å². The Morgan fingerprint density at radius 2 is 1.31 bits per heavy atom. The monoisotopic (exact) mass is 417 g/mol. The lowest BCUT2D eigenvalue weighted by Crippen LogP contribution is -2.42. The molecule has 2 aromatic carbocycles. The van der Waals surface area contributed by atoms with Crippen LogP contribution in [0.5, 0.6) is 0 Å². The Morgan fingerprint density at radius 3 is 1.86 bits per heavy atom. The fraction of sp³-hybridized carbons (Fsp3) is 0.333. The maximum absolute atomic E-state index is 12.8. The lowest BCUT2D eigenvalue weighted by atomic mass is 9.95. The maximum atomic E-state index is 12.8. The summed E-state index contributed by atoms with van der Waals surface area (Å²) in [6.45, 7) is 9.27. The number of carbonyl (C=O) groups excluding carboxylic acids is 2. The van der Waals surface area contributed by atoms with Crippen molar-refractivity contribution in [3.63, 3.8) is 0 Å². The number of hydrogen-bond donors (Lipinski definition) is 3. The van der Waals surface area contributed by atoms with Crippen LogP contribution in [0.25, 0.3) is 0 Å². The fourth-order valence-corrected chi connectivity index (χ4v) is 4.72. The van der Waals surface area contributed by atoms with Crippen molar-refractivity contribution in [2.75, 3.05) is 6.54 Å². The molecule has 2 aromatic rings. The molecule has 0 saturated heterocycles. The van der Waals surface area contributed by atoms with E-state index in [2.05, 4.69) is 15.6 Å². The summed E-state index contributed by atoms with van der Waals surface area (Å²) < 4.78 is 28.1. The summed E-state index contributed by atoms with van der Waals surface area (Å²) in [5, 5.41) is 0. The Morgan fingerprint density at radius 1 is 0.793 bits per heavy atom. The van der Waals surface area contributed by atoms with Crippen LogP contribution in [0.3, 0.4) is 0 Å². The summed E-state index contributed by atoms with van der Waals surface area (Å²) in [6, 6.07) is 8.44. The Kier molecular flexibility index (Phi) is 7.16. The highest BCUT2D eigenvalue weighted by Crippen LogP contribution is 2.29. The number of rotatable bonds is 6. The first-order valence-corrected chi connectivity index (χ1v) is 10.8. The van der Waals surface area contributed by atoms with Gasteiger partial charge in [0.15, 0.2) is 0 Å². The first kappa shape index (κ1) is 22.6. The predicted molar refractivity (Wildman–Crippen MR) is 112 cm³/mol. The molecule has 0 saturated carbocycles. The Balaban J connectivity index is 1.96. The zero-order valence-corrected chi connectivity index (χ0v) is 18.2. The molecule has 0 aromatic heterocycles. The number of amides is 2. The molecule has 0 aliphatic carbocycles. The number of sulfonamides is 1. The number of nitrogens with one attached hydrogen (secondary N) is 3. The lowest BCUT2D eigenvalue weighted by Gasteiger charge is -2.19. The smallest absolute Gasteiger partial charge is 0.269 e. The first-order valence-electron chi connectivity index (χ1n) is 9.27. The molecule has 0 atom stereocenters. The van der Waals surface area contributed by atoms with E-state index in [0.717, 1.165) is 16.7 Å². The Hall–Kier alpha value is -2.71. The van der Waals surface area contributed by atoms with Crippen molar-refractivity contribution < 1.29 is 18.0 Å². The van der Waals surface area contributed by atoms with Crippen molar-refractivity contribution in [2.24, 2.45) is 0 Å². The van der Waals surface area contributed by atoms with E-state index in [4.69, 9.17) is 0 Å². The van der Waals surface area contributed by atoms with E-state index in [-0.39, 0.29) is 17.9 Å². The van der Waals surface area contributed by atoms with Crippen LogP contribution >= 0.6 is 0 Å². The van der Waals surface area contributed by atoms with Gasteiger partial charge in [-0.1, -0.05) is 18.2 Å². The van der Waals surface area contributed by atoms with E-state index in [0.29, 0.717) is 16.7 Å². The third-order valence-electron chi connectivity index (χ3n) is 5.20. The van der Waals surface area contributed by atoms with Crippen molar-refractivity contribution in [3.05, 3.63) is 63.7 Å². The number of hydrazine groups is 1. The van der Waals surface area contributed by atoms with E-state index in [1.165, 1.54) is 0 Å². The molecule has 0 fully saturated rings. The maximum Gasteiger partial charge on any atom is 0.269 e. The summed E-state index contributed by atoms with van der Waals surface area (Å²) in [7, 11) is -3.77. The molecular weight excluding hydrogens is 390 g/mol. The number of carbonyl (C=O) groups is 2. The van der Waals surface area contributed by atoms with Crippen LogP contribution in [-0.2, 0) is 14.8 Å². The minimum atomic E-state index is -3.77. The largest absolute Gasteiger partial charge is 0.273 e. The van der Waals surface area contributed by atoms with E-state index in [9.17, 15) is 18.0 Å². The molecule has 0 aliphatic heterocycles. The van der Waals surface area contributed by atoms with Crippen LogP contribution in [0.2, 0.25) is 0 Å². The van der Waals surface area contributed by atoms with Gasteiger partial charge in [0.2, 0.25) is 15.9 Å². The van der Waals surface area contributed by atoms with Gasteiger partial charge in [-0.25, -0.2) is 13.1 Å². The molecule has 0 bridgehead atoms. The van der Waals surface area contributed by atoms with Gasteiger partial charge >= 0.3 is 0 Å². The molecular formula is C21H27N3O4S. The quantitative estimate of drug-likeness (QED) is 0.628. The van der Waals surface area contributed by atoms with Crippen LogP contribution in [0.15, 0.2) is 35.2 Å². The lowest BCUT2D eigenvalue weighted by molar-refractivity contribution is -0.121. The standard InChI is InChI=1S/C21H27N3O4S/c1-13-14(2)16(4)20(17(5)15(13)3)29(27,28)22-12-11-19(25)23-24-21(26)18-9-7-6-8-10-18/h6-10,22H,11-12H2,1-5H3,(H,23,25)(H,24,26). The van der Waals surface area contributed by atoms with Crippen molar-refractivity contribution in [2.45, 2.75) is 45.9 Å². The summed E-state index contributed by atoms with van der Waals surface area (Å²) in [5.74, 6) is -0.946. The van der Waals surface area contributed by atoms with E-state index in [1.807, 2.05) is 20.8 Å². The zero-order chi connectivity index (χ0) is 21.8. The SMILES string of the molecule is Cc1c(C)c(C)c(S(=O)(=O)NCCC(=O)NNC(=O)c2ccccc2)c(C)c1C. The zero-order valence-electron chi connectivity index (χ0n) is 17.3. The van der Waals surface area contributed by atoms with Gasteiger partial charge < -0.3 is 0 Å². The second-order valence-corrected chi connectivity index (χ2v) is 8.67. The first-order chi connectivity index (χ1) is 13.6. The molecule has 29 heavy (non-hydrogen) atoms. The van der Waals surface area contributed by atoms with E-state index in [1.54, 1.807) is 44.2 Å². The predicted octanol–water partition coefficient (Wildman–Crippen LogP) is 2.36. The number of benzene rings is 2. The highest BCUT2D eigenvalue weighted by Gasteiger charge is 2.23. The van der Waals surface area contributed by atoms with Gasteiger partial charge in [0.25, 0.3) is 5.91 Å². The highest BCUT2D eigenvalue weighted by molar-refractivity contribution is 7.89. The van der Waals surface area contributed by atoms with Crippen LogP contribution in [0, 0.1) is 34.6 Å². The van der Waals surface area contributed by atoms with Gasteiger partial charge in [0.1, 0.15) is 0 Å². The van der Waals surface area contributed by atoms with Gasteiger partial charge in [0.05, 0.1) is 4.90 Å². The van der Waals surface area contributed by atoms with Crippen molar-refractivity contribution in [3.8, 4) is 0 Å². The Labute approximate surface area is 171 Å². The van der Waals surface area contributed by atoms with Crippen molar-refractivity contribution >= 4 is 21.8 Å². The molecule has 0 heterocycles. The van der Waals surface area contributed by atoms with Crippen LogP contribution < -0.4 is 15.6 Å². The van der Waals surface area contributed by atoms with Crippen LogP contribution in [0.4, 0.5) is 0 Å². The molecule has 156 valence electrons. The molecule has 7 nitrogen and oxygen atoms in total. The van der Waals surface area contributed by atoms with Gasteiger partial charge in [-0.2, -0.15) is 0 Å². The minimum absolute atomic E-state index is 0.0831. The molecule has 2 amide bonds. The van der Waals surface area contributed by atoms with Crippen molar-refractivity contribution in [1.82, 2.24) is 15.6 Å². The fourth-order valence-electron chi connectivity index (χ4n) is 3.09. The highest BCUT2D eigenvalue weighted by atomic mass is 32.2. The summed E-state index contributed by atoms with van der Waals surface area (Å²) >= 11 is 0. The molecule has 0 unspecified atom stereocenters. The summed E-state index contributed by atoms with van der Waals surface area (Å²) in [5.41, 5.74) is 9.36. The second-order valence-electron chi connectivity index (χ2n) is 6.97.